The number of carbonyl (C=O) groups excluding carboxylic acids is 1. The number of carbonyl (C=O) groups is 1. The maximum absolute atomic E-state index is 12.4. The van der Waals surface area contributed by atoms with Crippen LogP contribution in [0.5, 0.6) is 11.5 Å². The minimum Gasteiger partial charge on any atom is -0.495 e. The number of sulfonamides is 1. The van der Waals surface area contributed by atoms with Crippen LogP contribution in [-0.2, 0) is 21.4 Å². The van der Waals surface area contributed by atoms with E-state index in [0.717, 1.165) is 16.1 Å². The van der Waals surface area contributed by atoms with Crippen molar-refractivity contribution in [2.75, 3.05) is 24.2 Å². The predicted octanol–water partition coefficient (Wildman–Crippen LogP) is 4.50. The lowest BCUT2D eigenvalue weighted by Crippen LogP contribution is -2.39. The molecule has 0 atom stereocenters. The number of methoxy groups -OCH3 is 1. The predicted molar refractivity (Wildman–Crippen MR) is 138 cm³/mol. The zero-order valence-electron chi connectivity index (χ0n) is 18.9. The van der Waals surface area contributed by atoms with Crippen LogP contribution < -0.4 is 19.2 Å². The highest BCUT2D eigenvalue weighted by molar-refractivity contribution is 7.92. The minimum atomic E-state index is -3.76. The second-order valence-electron chi connectivity index (χ2n) is 7.33. The fourth-order valence-electron chi connectivity index (χ4n) is 2.98. The number of anilines is 1. The van der Waals surface area contributed by atoms with Crippen molar-refractivity contribution < 1.29 is 22.7 Å². The van der Waals surface area contributed by atoms with Gasteiger partial charge in [-0.2, -0.15) is 5.10 Å². The molecule has 0 aliphatic heterocycles. The number of rotatable bonds is 10. The summed E-state index contributed by atoms with van der Waals surface area (Å²) in [6.45, 7) is -0.146. The fraction of sp³-hybridized carbons (Fsp3) is 0.167. The number of amides is 1. The van der Waals surface area contributed by atoms with Crippen LogP contribution in [0, 0.1) is 0 Å². The van der Waals surface area contributed by atoms with E-state index in [2.05, 4.69) is 10.5 Å². The van der Waals surface area contributed by atoms with Crippen LogP contribution in [0.1, 0.15) is 11.1 Å². The van der Waals surface area contributed by atoms with Crippen LogP contribution in [0.3, 0.4) is 0 Å². The first kappa shape index (κ1) is 26.3. The van der Waals surface area contributed by atoms with Crippen molar-refractivity contribution >= 4 is 51.0 Å². The zero-order valence-corrected chi connectivity index (χ0v) is 21.3. The van der Waals surface area contributed by atoms with E-state index in [0.29, 0.717) is 28.7 Å². The van der Waals surface area contributed by atoms with Gasteiger partial charge in [-0.25, -0.2) is 13.8 Å². The molecule has 35 heavy (non-hydrogen) atoms. The van der Waals surface area contributed by atoms with Gasteiger partial charge in [0.05, 0.1) is 30.3 Å². The van der Waals surface area contributed by atoms with E-state index >= 15 is 0 Å². The molecule has 1 N–H and O–H groups in total. The van der Waals surface area contributed by atoms with Gasteiger partial charge in [0, 0.05) is 10.6 Å². The third-order valence-corrected chi connectivity index (χ3v) is 6.55. The number of ether oxygens (including phenoxy) is 2. The first-order valence-corrected chi connectivity index (χ1v) is 12.9. The van der Waals surface area contributed by atoms with E-state index in [4.69, 9.17) is 32.7 Å². The number of hydrogen-bond donors (Lipinski definition) is 1. The Labute approximate surface area is 214 Å². The lowest BCUT2D eigenvalue weighted by atomic mass is 10.2. The van der Waals surface area contributed by atoms with Crippen molar-refractivity contribution in [2.45, 2.75) is 6.61 Å². The van der Waals surface area contributed by atoms with E-state index < -0.39 is 22.5 Å². The van der Waals surface area contributed by atoms with Gasteiger partial charge in [0.25, 0.3) is 5.91 Å². The molecule has 3 aromatic carbocycles. The monoisotopic (exact) mass is 535 g/mol. The molecule has 0 aliphatic carbocycles. The first-order chi connectivity index (χ1) is 16.7. The van der Waals surface area contributed by atoms with Crippen molar-refractivity contribution in [3.63, 3.8) is 0 Å². The molecule has 0 unspecified atom stereocenters. The smallest absolute Gasteiger partial charge is 0.260 e. The third kappa shape index (κ3) is 7.61. The highest BCUT2D eigenvalue weighted by Crippen LogP contribution is 2.30. The van der Waals surface area contributed by atoms with Gasteiger partial charge in [-0.15, -0.1) is 0 Å². The average molecular weight is 536 g/mol. The first-order valence-electron chi connectivity index (χ1n) is 10.3. The Morgan fingerprint density at radius 2 is 1.77 bits per heavy atom. The summed E-state index contributed by atoms with van der Waals surface area (Å²) in [7, 11) is -2.31. The molecule has 0 saturated carbocycles. The third-order valence-electron chi connectivity index (χ3n) is 4.75. The van der Waals surface area contributed by atoms with Crippen LogP contribution in [-0.4, -0.2) is 40.4 Å². The quantitative estimate of drug-likeness (QED) is 0.304. The molecule has 0 heterocycles. The summed E-state index contributed by atoms with van der Waals surface area (Å²) in [5, 5.41) is 4.75. The molecule has 0 saturated heterocycles. The Morgan fingerprint density at radius 3 is 2.40 bits per heavy atom. The molecule has 184 valence electrons. The van der Waals surface area contributed by atoms with E-state index in [1.165, 1.54) is 31.5 Å². The van der Waals surface area contributed by atoms with Gasteiger partial charge in [0.15, 0.2) is 0 Å². The van der Waals surface area contributed by atoms with Gasteiger partial charge >= 0.3 is 0 Å². The highest BCUT2D eigenvalue weighted by Gasteiger charge is 2.21. The maximum atomic E-state index is 12.4. The van der Waals surface area contributed by atoms with Crippen molar-refractivity contribution in [3.8, 4) is 11.5 Å². The molecule has 0 bridgehead atoms. The Bertz CT molecular complexity index is 1310. The second kappa shape index (κ2) is 11.9. The summed E-state index contributed by atoms with van der Waals surface area (Å²) < 4.78 is 36.2. The van der Waals surface area contributed by atoms with Crippen molar-refractivity contribution in [1.82, 2.24) is 5.43 Å². The lowest BCUT2D eigenvalue weighted by Gasteiger charge is -2.21. The molecule has 1 amide bonds. The number of hydrogen-bond acceptors (Lipinski definition) is 6. The van der Waals surface area contributed by atoms with E-state index in [1.807, 2.05) is 18.2 Å². The van der Waals surface area contributed by atoms with Crippen molar-refractivity contribution in [3.05, 3.63) is 87.9 Å². The summed E-state index contributed by atoms with van der Waals surface area (Å²) in [4.78, 5) is 12.4. The van der Waals surface area contributed by atoms with Crippen molar-refractivity contribution in [1.29, 1.82) is 0 Å². The van der Waals surface area contributed by atoms with Crippen LogP contribution in [0.4, 0.5) is 5.69 Å². The SMILES string of the molecule is COc1ccc(N(CC(=O)N/N=C\c2ccc(OCc3ccccc3Cl)cc2)S(C)(=O)=O)cc1Cl. The number of benzene rings is 3. The second-order valence-corrected chi connectivity index (χ2v) is 10.1. The Morgan fingerprint density at radius 1 is 1.06 bits per heavy atom. The van der Waals surface area contributed by atoms with Gasteiger partial charge in [0.2, 0.25) is 10.0 Å². The maximum Gasteiger partial charge on any atom is 0.260 e. The van der Waals surface area contributed by atoms with Gasteiger partial charge in [0.1, 0.15) is 24.7 Å². The summed E-state index contributed by atoms with van der Waals surface area (Å²) in [6.07, 6.45) is 2.43. The molecule has 0 fully saturated rings. The van der Waals surface area contributed by atoms with E-state index in [1.54, 1.807) is 30.3 Å². The van der Waals surface area contributed by atoms with Crippen LogP contribution >= 0.6 is 23.2 Å². The molecule has 0 spiro atoms. The normalized spacial score (nSPS) is 11.3. The number of hydrazone groups is 1. The topological polar surface area (TPSA) is 97.3 Å². The molecule has 11 heteroatoms. The molecule has 0 aliphatic rings. The molecule has 8 nitrogen and oxygen atoms in total. The molecule has 0 aromatic heterocycles. The Kier molecular flexibility index (Phi) is 8.97. The lowest BCUT2D eigenvalue weighted by molar-refractivity contribution is -0.119. The standard InChI is InChI=1S/C24H23Cl2N3O5S/c1-33-23-12-9-19(13-22(23)26)29(35(2,31)32)15-24(30)28-27-14-17-7-10-20(11-8-17)34-16-18-5-3-4-6-21(18)25/h3-14H,15-16H2,1-2H3,(H,28,30)/b27-14-. The molecular weight excluding hydrogens is 513 g/mol. The summed E-state index contributed by atoms with van der Waals surface area (Å²) in [5.41, 5.74) is 4.14. The summed E-state index contributed by atoms with van der Waals surface area (Å²) >= 11 is 12.2. The van der Waals surface area contributed by atoms with Crippen molar-refractivity contribution in [2.24, 2.45) is 5.10 Å². The summed E-state index contributed by atoms with van der Waals surface area (Å²) in [5.74, 6) is 0.407. The van der Waals surface area contributed by atoms with Crippen LogP contribution in [0.2, 0.25) is 10.0 Å². The van der Waals surface area contributed by atoms with Gasteiger partial charge in [-0.05, 0) is 54.1 Å². The van der Waals surface area contributed by atoms with Gasteiger partial charge in [-0.1, -0.05) is 41.4 Å². The molecule has 0 radical (unpaired) electrons. The molecular formula is C24H23Cl2N3O5S. The fourth-order valence-corrected chi connectivity index (χ4v) is 4.27. The number of nitrogens with one attached hydrogen (secondary N) is 1. The van der Waals surface area contributed by atoms with Crippen LogP contribution in [0.25, 0.3) is 0 Å². The molecule has 3 rings (SSSR count). The van der Waals surface area contributed by atoms with E-state index in [9.17, 15) is 13.2 Å². The average Bonchev–Trinajstić information content (AvgIpc) is 2.82. The van der Waals surface area contributed by atoms with E-state index in [-0.39, 0.29) is 10.7 Å². The number of halogens is 2. The Hall–Kier alpha value is -3.27. The minimum absolute atomic E-state index is 0.219. The molecule has 3 aromatic rings. The largest absolute Gasteiger partial charge is 0.495 e. The number of nitrogens with zero attached hydrogens (tertiary/aromatic N) is 2. The summed E-state index contributed by atoms with van der Waals surface area (Å²) in [6, 6.07) is 18.9. The van der Waals surface area contributed by atoms with Crippen LogP contribution in [0.15, 0.2) is 71.8 Å². The Balaban J connectivity index is 1.57. The van der Waals surface area contributed by atoms with Gasteiger partial charge in [-0.3, -0.25) is 9.10 Å². The van der Waals surface area contributed by atoms with Gasteiger partial charge < -0.3 is 9.47 Å². The highest BCUT2D eigenvalue weighted by atomic mass is 35.5. The zero-order chi connectivity index (χ0) is 25.4.